The maximum atomic E-state index is 13.1. The lowest BCUT2D eigenvalue weighted by atomic mass is 9.82. The van der Waals surface area contributed by atoms with E-state index in [2.05, 4.69) is 0 Å². The molecule has 2 aromatic rings. The highest BCUT2D eigenvalue weighted by molar-refractivity contribution is 6.17. The van der Waals surface area contributed by atoms with Gasteiger partial charge in [0.05, 0.1) is 11.6 Å². The molecular formula is C23H25NO3. The molecule has 0 aliphatic carbocycles. The van der Waals surface area contributed by atoms with E-state index in [0.29, 0.717) is 5.69 Å². The second kappa shape index (κ2) is 6.69. The van der Waals surface area contributed by atoms with Crippen molar-refractivity contribution in [1.82, 2.24) is 0 Å². The smallest absolute Gasteiger partial charge is 0.294 e. The molecule has 2 aromatic carbocycles. The molecule has 0 radical (unpaired) electrons. The van der Waals surface area contributed by atoms with Gasteiger partial charge in [0.15, 0.2) is 11.5 Å². The molecule has 0 spiro atoms. The lowest BCUT2D eigenvalue weighted by Gasteiger charge is -2.29. The minimum absolute atomic E-state index is 0.166. The fourth-order valence-electron chi connectivity index (χ4n) is 3.44. The Hall–Kier alpha value is -2.88. The number of anilines is 1. The molecule has 140 valence electrons. The third-order valence-corrected chi connectivity index (χ3v) is 4.77. The summed E-state index contributed by atoms with van der Waals surface area (Å²) in [5.41, 5.74) is 2.95. The number of hydrogen-bond acceptors (Lipinski definition) is 3. The Kier molecular flexibility index (Phi) is 4.68. The van der Waals surface area contributed by atoms with Crippen LogP contribution in [0.4, 0.5) is 5.69 Å². The van der Waals surface area contributed by atoms with Gasteiger partial charge in [0, 0.05) is 11.1 Å². The Morgan fingerprint density at radius 2 is 1.59 bits per heavy atom. The standard InChI is InChI=1S/C23H25NO3/c1-14-8-6-10-16(12-14)19-18(21(26)23(3,4)5)20(25)22(27)24(19)17-11-7-9-15(2)13-17/h6-13,19,25H,1-5H3. The molecule has 0 aromatic heterocycles. The molecule has 1 atom stereocenters. The summed E-state index contributed by atoms with van der Waals surface area (Å²) in [4.78, 5) is 27.7. The first-order valence-corrected chi connectivity index (χ1v) is 9.06. The van der Waals surface area contributed by atoms with Gasteiger partial charge in [0.1, 0.15) is 0 Å². The van der Waals surface area contributed by atoms with Gasteiger partial charge in [-0.1, -0.05) is 62.7 Å². The number of aliphatic hydroxyl groups is 1. The first kappa shape index (κ1) is 18.9. The first-order valence-electron chi connectivity index (χ1n) is 9.06. The van der Waals surface area contributed by atoms with Crippen LogP contribution in [0, 0.1) is 19.3 Å². The molecular weight excluding hydrogens is 338 g/mol. The Labute approximate surface area is 160 Å². The molecule has 0 saturated carbocycles. The van der Waals surface area contributed by atoms with Crippen LogP contribution in [0.5, 0.6) is 0 Å². The molecule has 1 unspecified atom stereocenters. The number of benzene rings is 2. The zero-order chi connectivity index (χ0) is 19.9. The second-order valence-electron chi connectivity index (χ2n) is 8.17. The highest BCUT2D eigenvalue weighted by atomic mass is 16.3. The maximum absolute atomic E-state index is 13.1. The van der Waals surface area contributed by atoms with Crippen molar-refractivity contribution in [2.75, 3.05) is 4.90 Å². The third kappa shape index (κ3) is 3.39. The van der Waals surface area contributed by atoms with Crippen molar-refractivity contribution >= 4 is 17.4 Å². The van der Waals surface area contributed by atoms with Gasteiger partial charge in [-0.3, -0.25) is 14.5 Å². The van der Waals surface area contributed by atoms with Crippen molar-refractivity contribution in [1.29, 1.82) is 0 Å². The summed E-state index contributed by atoms with van der Waals surface area (Å²) >= 11 is 0. The van der Waals surface area contributed by atoms with Crippen molar-refractivity contribution in [3.63, 3.8) is 0 Å². The zero-order valence-electron chi connectivity index (χ0n) is 16.4. The number of carbonyl (C=O) groups is 2. The van der Waals surface area contributed by atoms with Crippen molar-refractivity contribution < 1.29 is 14.7 Å². The van der Waals surface area contributed by atoms with E-state index in [-0.39, 0.29) is 11.4 Å². The number of nitrogens with zero attached hydrogens (tertiary/aromatic N) is 1. The molecule has 1 N–H and O–H groups in total. The molecule has 27 heavy (non-hydrogen) atoms. The summed E-state index contributed by atoms with van der Waals surface area (Å²) in [5, 5.41) is 10.7. The zero-order valence-corrected chi connectivity index (χ0v) is 16.4. The summed E-state index contributed by atoms with van der Waals surface area (Å²) in [5.74, 6) is -1.22. The number of Topliss-reactive ketones (excluding diaryl/α,β-unsaturated/α-hetero) is 1. The van der Waals surface area contributed by atoms with E-state index >= 15 is 0 Å². The number of carbonyl (C=O) groups excluding carboxylic acids is 2. The lowest BCUT2D eigenvalue weighted by Crippen LogP contribution is -2.32. The summed E-state index contributed by atoms with van der Waals surface area (Å²) in [6.45, 7) is 9.29. The van der Waals surface area contributed by atoms with E-state index in [9.17, 15) is 14.7 Å². The molecule has 0 saturated heterocycles. The number of ketones is 1. The fourth-order valence-corrected chi connectivity index (χ4v) is 3.44. The molecule has 3 rings (SSSR count). The highest BCUT2D eigenvalue weighted by Crippen LogP contribution is 2.43. The van der Waals surface area contributed by atoms with Crippen LogP contribution >= 0.6 is 0 Å². The van der Waals surface area contributed by atoms with Gasteiger partial charge < -0.3 is 5.11 Å². The van der Waals surface area contributed by atoms with Crippen molar-refractivity contribution in [3.8, 4) is 0 Å². The molecule has 0 bridgehead atoms. The Morgan fingerprint density at radius 1 is 1.00 bits per heavy atom. The van der Waals surface area contributed by atoms with Crippen LogP contribution in [0.1, 0.15) is 43.5 Å². The minimum Gasteiger partial charge on any atom is -0.503 e. The van der Waals surface area contributed by atoms with Crippen LogP contribution in [0.15, 0.2) is 59.9 Å². The summed E-state index contributed by atoms with van der Waals surface area (Å²) in [7, 11) is 0. The molecule has 1 heterocycles. The Morgan fingerprint density at radius 3 is 2.15 bits per heavy atom. The van der Waals surface area contributed by atoms with Gasteiger partial charge in [-0.15, -0.1) is 0 Å². The largest absolute Gasteiger partial charge is 0.503 e. The van der Waals surface area contributed by atoms with E-state index in [1.807, 2.05) is 62.4 Å². The van der Waals surface area contributed by atoms with Crippen LogP contribution in [0.3, 0.4) is 0 Å². The molecule has 1 amide bonds. The van der Waals surface area contributed by atoms with E-state index in [0.717, 1.165) is 16.7 Å². The molecule has 4 nitrogen and oxygen atoms in total. The van der Waals surface area contributed by atoms with Crippen LogP contribution in [-0.4, -0.2) is 16.8 Å². The summed E-state index contributed by atoms with van der Waals surface area (Å²) in [6, 6.07) is 14.6. The first-order chi connectivity index (χ1) is 12.6. The number of hydrogen-bond donors (Lipinski definition) is 1. The normalized spacial score (nSPS) is 17.6. The van der Waals surface area contributed by atoms with Crippen molar-refractivity contribution in [2.45, 2.75) is 40.7 Å². The average Bonchev–Trinajstić information content (AvgIpc) is 2.85. The van der Waals surface area contributed by atoms with Gasteiger partial charge in [0.2, 0.25) is 0 Å². The summed E-state index contributed by atoms with van der Waals surface area (Å²) < 4.78 is 0. The SMILES string of the molecule is Cc1cccc(C2C(C(=O)C(C)(C)C)=C(O)C(=O)N2c2cccc(C)c2)c1. The van der Waals surface area contributed by atoms with E-state index < -0.39 is 23.1 Å². The van der Waals surface area contributed by atoms with Gasteiger partial charge in [-0.05, 0) is 37.1 Å². The number of rotatable bonds is 3. The van der Waals surface area contributed by atoms with E-state index in [1.54, 1.807) is 20.8 Å². The van der Waals surface area contributed by atoms with E-state index in [1.165, 1.54) is 4.90 Å². The predicted octanol–water partition coefficient (Wildman–Crippen LogP) is 4.82. The Balaban J connectivity index is 2.23. The molecule has 1 aliphatic heterocycles. The number of aryl methyl sites for hydroxylation is 2. The molecule has 1 aliphatic rings. The highest BCUT2D eigenvalue weighted by Gasteiger charge is 2.46. The van der Waals surface area contributed by atoms with Gasteiger partial charge in [0.25, 0.3) is 5.91 Å². The molecule has 0 fully saturated rings. The van der Waals surface area contributed by atoms with Crippen LogP contribution in [0.25, 0.3) is 0 Å². The van der Waals surface area contributed by atoms with Gasteiger partial charge in [-0.2, -0.15) is 0 Å². The third-order valence-electron chi connectivity index (χ3n) is 4.77. The predicted molar refractivity (Wildman–Crippen MR) is 107 cm³/mol. The second-order valence-corrected chi connectivity index (χ2v) is 8.17. The fraction of sp³-hybridized carbons (Fsp3) is 0.304. The Bertz CT molecular complexity index is 950. The topological polar surface area (TPSA) is 57.6 Å². The van der Waals surface area contributed by atoms with Gasteiger partial charge in [-0.25, -0.2) is 0 Å². The quantitative estimate of drug-likeness (QED) is 0.851. The van der Waals surface area contributed by atoms with E-state index in [4.69, 9.17) is 0 Å². The monoisotopic (exact) mass is 363 g/mol. The summed E-state index contributed by atoms with van der Waals surface area (Å²) in [6.07, 6.45) is 0. The van der Waals surface area contributed by atoms with Gasteiger partial charge >= 0.3 is 0 Å². The van der Waals surface area contributed by atoms with Crippen molar-refractivity contribution in [2.24, 2.45) is 5.41 Å². The number of amides is 1. The van der Waals surface area contributed by atoms with Crippen LogP contribution < -0.4 is 4.90 Å². The minimum atomic E-state index is -0.714. The molecule has 4 heteroatoms. The maximum Gasteiger partial charge on any atom is 0.294 e. The van der Waals surface area contributed by atoms with Crippen molar-refractivity contribution in [3.05, 3.63) is 76.6 Å². The van der Waals surface area contributed by atoms with Crippen LogP contribution in [-0.2, 0) is 9.59 Å². The average molecular weight is 363 g/mol. The lowest BCUT2D eigenvalue weighted by molar-refractivity contribution is -0.123. The number of aliphatic hydroxyl groups excluding tert-OH is 1. The van der Waals surface area contributed by atoms with Crippen LogP contribution in [0.2, 0.25) is 0 Å².